The molecule has 5 aromatic rings. The maximum Gasteiger partial charge on any atom is 0.332 e. The summed E-state index contributed by atoms with van der Waals surface area (Å²) in [6.45, 7) is 1.50. The van der Waals surface area contributed by atoms with E-state index in [1.54, 1.807) is 38.0 Å². The fraction of sp³-hybridized carbons (Fsp3) is 0.219. The van der Waals surface area contributed by atoms with E-state index in [0.29, 0.717) is 28.4 Å². The van der Waals surface area contributed by atoms with E-state index in [4.69, 9.17) is 18.9 Å². The first-order chi connectivity index (χ1) is 20.0. The van der Waals surface area contributed by atoms with Gasteiger partial charge in [0.25, 0.3) is 5.56 Å². The Kier molecular flexibility index (Phi) is 8.28. The van der Waals surface area contributed by atoms with Crippen molar-refractivity contribution in [3.8, 4) is 28.4 Å². The number of hydrogen-bond acceptors (Lipinski definition) is 8. The van der Waals surface area contributed by atoms with Gasteiger partial charge in [0.1, 0.15) is 12.4 Å². The van der Waals surface area contributed by atoms with E-state index < -0.39 is 5.97 Å². The van der Waals surface area contributed by atoms with E-state index in [-0.39, 0.29) is 32.0 Å². The summed E-state index contributed by atoms with van der Waals surface area (Å²) in [5.41, 5.74) is 3.28. The molecule has 0 aliphatic rings. The SMILES string of the molecule is CCOC(=O)COCc1c(CO)cc2cc(OC)c(OC)cc2c1-c1ccnc(-n2c(=O)ccc3ccccc32)c1. The van der Waals surface area contributed by atoms with Gasteiger partial charge in [0.05, 0.1) is 39.6 Å². The topological polar surface area (TPSA) is 109 Å². The van der Waals surface area contributed by atoms with Gasteiger partial charge in [0, 0.05) is 12.3 Å². The maximum atomic E-state index is 13.1. The summed E-state index contributed by atoms with van der Waals surface area (Å²) in [4.78, 5) is 29.6. The van der Waals surface area contributed by atoms with Gasteiger partial charge in [0.2, 0.25) is 0 Å². The quantitative estimate of drug-likeness (QED) is 0.245. The minimum absolute atomic E-state index is 0.0280. The number of fused-ring (bicyclic) bond motifs is 2. The zero-order chi connectivity index (χ0) is 28.9. The molecule has 0 aliphatic heterocycles. The Labute approximate surface area is 236 Å². The molecule has 0 unspecified atom stereocenters. The molecule has 0 saturated carbocycles. The van der Waals surface area contributed by atoms with Crippen LogP contribution in [0.15, 0.2) is 77.7 Å². The zero-order valence-corrected chi connectivity index (χ0v) is 23.0. The Morgan fingerprint density at radius 2 is 1.73 bits per heavy atom. The highest BCUT2D eigenvalue weighted by Crippen LogP contribution is 2.41. The van der Waals surface area contributed by atoms with E-state index in [0.717, 1.165) is 32.8 Å². The first kappa shape index (κ1) is 27.8. The summed E-state index contributed by atoms with van der Waals surface area (Å²) in [6, 6.07) is 20.1. The second-order valence-electron chi connectivity index (χ2n) is 9.24. The summed E-state index contributed by atoms with van der Waals surface area (Å²) in [5, 5.41) is 12.9. The molecule has 0 atom stereocenters. The lowest BCUT2D eigenvalue weighted by molar-refractivity contribution is -0.148. The van der Waals surface area contributed by atoms with Crippen LogP contribution in [0, 0.1) is 0 Å². The van der Waals surface area contributed by atoms with Gasteiger partial charge >= 0.3 is 5.97 Å². The first-order valence-electron chi connectivity index (χ1n) is 13.1. The second kappa shape index (κ2) is 12.2. The molecule has 2 aromatic heterocycles. The summed E-state index contributed by atoms with van der Waals surface area (Å²) in [6.07, 6.45) is 1.64. The van der Waals surface area contributed by atoms with Gasteiger partial charge in [0.15, 0.2) is 11.5 Å². The van der Waals surface area contributed by atoms with Crippen molar-refractivity contribution in [3.05, 3.63) is 94.4 Å². The van der Waals surface area contributed by atoms with Crippen LogP contribution in [-0.4, -0.2) is 48.1 Å². The summed E-state index contributed by atoms with van der Waals surface area (Å²) in [5.74, 6) is 1.02. The average Bonchev–Trinajstić information content (AvgIpc) is 3.00. The molecule has 9 heteroatoms. The van der Waals surface area contributed by atoms with Gasteiger partial charge in [-0.15, -0.1) is 0 Å². The number of hydrogen-bond donors (Lipinski definition) is 1. The van der Waals surface area contributed by atoms with Crippen molar-refractivity contribution >= 4 is 27.6 Å². The van der Waals surface area contributed by atoms with Crippen molar-refractivity contribution in [1.82, 2.24) is 9.55 Å². The number of aliphatic hydroxyl groups is 1. The number of ether oxygens (including phenoxy) is 4. The lowest BCUT2D eigenvalue weighted by Crippen LogP contribution is -2.18. The number of aromatic nitrogens is 2. The second-order valence-corrected chi connectivity index (χ2v) is 9.24. The van der Waals surface area contributed by atoms with Crippen molar-refractivity contribution in [2.24, 2.45) is 0 Å². The number of pyridine rings is 2. The number of carbonyl (C=O) groups is 1. The van der Waals surface area contributed by atoms with E-state index in [1.165, 1.54) is 6.07 Å². The number of nitrogens with zero attached hydrogens (tertiary/aromatic N) is 2. The Balaban J connectivity index is 1.75. The molecule has 0 spiro atoms. The predicted molar refractivity (Wildman–Crippen MR) is 156 cm³/mol. The van der Waals surface area contributed by atoms with Gasteiger partial charge in [-0.3, -0.25) is 9.36 Å². The van der Waals surface area contributed by atoms with Crippen LogP contribution in [0.5, 0.6) is 11.5 Å². The molecule has 0 saturated heterocycles. The van der Waals surface area contributed by atoms with Crippen LogP contribution >= 0.6 is 0 Å². The Hall–Kier alpha value is -4.73. The van der Waals surface area contributed by atoms with Gasteiger partial charge < -0.3 is 24.1 Å². The fourth-order valence-electron chi connectivity index (χ4n) is 5.02. The number of para-hydroxylation sites is 1. The minimum atomic E-state index is -0.478. The van der Waals surface area contributed by atoms with Crippen molar-refractivity contribution < 1.29 is 28.8 Å². The molecular weight excluding hydrogens is 524 g/mol. The number of benzene rings is 3. The summed E-state index contributed by atoms with van der Waals surface area (Å²) >= 11 is 0. The Bertz CT molecular complexity index is 1800. The molecule has 0 fully saturated rings. The van der Waals surface area contributed by atoms with Gasteiger partial charge in [-0.1, -0.05) is 18.2 Å². The number of rotatable bonds is 10. The smallest absolute Gasteiger partial charge is 0.332 e. The Morgan fingerprint density at radius 1 is 0.951 bits per heavy atom. The largest absolute Gasteiger partial charge is 0.493 e. The molecule has 41 heavy (non-hydrogen) atoms. The van der Waals surface area contributed by atoms with Crippen LogP contribution in [0.1, 0.15) is 18.1 Å². The Morgan fingerprint density at radius 3 is 2.49 bits per heavy atom. The summed E-state index contributed by atoms with van der Waals surface area (Å²) in [7, 11) is 3.12. The lowest BCUT2D eigenvalue weighted by Gasteiger charge is -2.20. The molecule has 5 rings (SSSR count). The minimum Gasteiger partial charge on any atom is -0.493 e. The molecule has 0 radical (unpaired) electrons. The number of esters is 1. The van der Waals surface area contributed by atoms with Crippen LogP contribution in [0.2, 0.25) is 0 Å². The maximum absolute atomic E-state index is 13.1. The third-order valence-corrected chi connectivity index (χ3v) is 6.85. The molecule has 0 amide bonds. The molecular formula is C32H30N2O7. The van der Waals surface area contributed by atoms with Crippen molar-refractivity contribution in [2.75, 3.05) is 27.4 Å². The molecule has 210 valence electrons. The van der Waals surface area contributed by atoms with Crippen LogP contribution < -0.4 is 15.0 Å². The highest BCUT2D eigenvalue weighted by Gasteiger charge is 2.20. The van der Waals surface area contributed by atoms with Gasteiger partial charge in [-0.2, -0.15) is 0 Å². The standard InChI is InChI=1S/C32H30N2O7/c1-4-41-31(37)19-40-18-25-23(17-35)13-22-14-27(38-2)28(39-3)16-24(22)32(25)21-11-12-33-29(15-21)34-26-8-6-5-7-20(26)9-10-30(34)36/h5-16,35H,4,17-19H2,1-3H3. The third-order valence-electron chi connectivity index (χ3n) is 6.85. The van der Waals surface area contributed by atoms with E-state index in [1.807, 2.05) is 54.6 Å². The number of methoxy groups -OCH3 is 2. The molecule has 1 N–H and O–H groups in total. The van der Waals surface area contributed by atoms with Crippen LogP contribution in [0.25, 0.3) is 38.6 Å². The fourth-order valence-corrected chi connectivity index (χ4v) is 5.02. The molecule has 0 bridgehead atoms. The molecule has 9 nitrogen and oxygen atoms in total. The van der Waals surface area contributed by atoms with Gasteiger partial charge in [-0.05, 0) is 87.8 Å². The van der Waals surface area contributed by atoms with Crippen LogP contribution in [0.4, 0.5) is 0 Å². The molecule has 3 aromatic carbocycles. The average molecular weight is 555 g/mol. The van der Waals surface area contributed by atoms with Crippen molar-refractivity contribution in [1.29, 1.82) is 0 Å². The van der Waals surface area contributed by atoms with E-state index in [9.17, 15) is 14.7 Å². The van der Waals surface area contributed by atoms with Crippen molar-refractivity contribution in [2.45, 2.75) is 20.1 Å². The van der Waals surface area contributed by atoms with Crippen molar-refractivity contribution in [3.63, 3.8) is 0 Å². The number of carbonyl (C=O) groups excluding carboxylic acids is 1. The predicted octanol–water partition coefficient (Wildman–Crippen LogP) is 4.80. The normalized spacial score (nSPS) is 11.1. The number of aliphatic hydroxyl groups excluding tert-OH is 1. The molecule has 2 heterocycles. The monoisotopic (exact) mass is 554 g/mol. The van der Waals surface area contributed by atoms with Crippen LogP contribution in [0.3, 0.4) is 0 Å². The highest BCUT2D eigenvalue weighted by molar-refractivity contribution is 6.01. The zero-order valence-electron chi connectivity index (χ0n) is 23.0. The van der Waals surface area contributed by atoms with E-state index in [2.05, 4.69) is 4.98 Å². The lowest BCUT2D eigenvalue weighted by atomic mass is 9.90. The van der Waals surface area contributed by atoms with Gasteiger partial charge in [-0.25, -0.2) is 9.78 Å². The highest BCUT2D eigenvalue weighted by atomic mass is 16.6. The third kappa shape index (κ3) is 5.50. The first-order valence-corrected chi connectivity index (χ1v) is 13.1. The van der Waals surface area contributed by atoms with Crippen LogP contribution in [-0.2, 0) is 27.5 Å². The summed E-state index contributed by atoms with van der Waals surface area (Å²) < 4.78 is 23.5. The molecule has 0 aliphatic carbocycles. The van der Waals surface area contributed by atoms with E-state index >= 15 is 0 Å².